The van der Waals surface area contributed by atoms with E-state index in [0.29, 0.717) is 12.8 Å². The second kappa shape index (κ2) is 26.9. The Balaban J connectivity index is 2.54. The van der Waals surface area contributed by atoms with Crippen LogP contribution < -0.4 is 10.6 Å². The van der Waals surface area contributed by atoms with Crippen molar-refractivity contribution in [2.24, 2.45) is 0 Å². The summed E-state index contributed by atoms with van der Waals surface area (Å²) in [5.41, 5.74) is 0. The van der Waals surface area contributed by atoms with Crippen molar-refractivity contribution in [3.8, 4) is 0 Å². The minimum absolute atomic E-state index is 0.0161. The fraction of sp³-hybridized carbons (Fsp3) is 0.957. The molecule has 2 unspecified atom stereocenters. The van der Waals surface area contributed by atoms with Gasteiger partial charge in [0.1, 0.15) is 12.1 Å². The molecule has 12 heteroatoms. The highest BCUT2D eigenvalue weighted by Gasteiger charge is 2.39. The number of carbonyl (C=O) groups is 2. The molecule has 1 aliphatic rings. The average molecular weight is 886 g/mol. The lowest BCUT2D eigenvalue weighted by Crippen LogP contribution is -2.61. The molecule has 0 aliphatic carbocycles. The zero-order valence-corrected chi connectivity index (χ0v) is 45.1. The summed E-state index contributed by atoms with van der Waals surface area (Å²) >= 11 is 0. The summed E-state index contributed by atoms with van der Waals surface area (Å²) < 4.78 is 19.3. The van der Waals surface area contributed by atoms with Crippen molar-refractivity contribution in [3.63, 3.8) is 0 Å². The number of amides is 2. The molecule has 1 heterocycles. The smallest absolute Gasteiger partial charge is 0.243 e. The van der Waals surface area contributed by atoms with Crippen LogP contribution in [0.2, 0.25) is 54.4 Å². The third-order valence-corrected chi connectivity index (χ3v) is 27.8. The van der Waals surface area contributed by atoms with Gasteiger partial charge in [-0.2, -0.15) is 0 Å². The lowest BCUT2D eigenvalue weighted by Gasteiger charge is -2.36. The minimum Gasteiger partial charge on any atom is -0.417 e. The lowest BCUT2D eigenvalue weighted by atomic mass is 10.0. The zero-order valence-electron chi connectivity index (χ0n) is 42.1. The van der Waals surface area contributed by atoms with Gasteiger partial charge in [0.25, 0.3) is 0 Å². The molecule has 0 bridgehead atoms. The Morgan fingerprint density at radius 2 is 0.695 bits per heavy atom. The summed E-state index contributed by atoms with van der Waals surface area (Å²) in [6.07, 6.45) is 15.7. The molecule has 0 aromatic heterocycles. The van der Waals surface area contributed by atoms with E-state index in [1.165, 1.54) is 19.3 Å². The van der Waals surface area contributed by atoms with E-state index in [4.69, 9.17) is 13.3 Å². The standard InChI is InChI=1S/C47H100N4O5Si3/c1-17-18-21-32-50(35-24-27-38-54-57(11,12)45(2,3)4)33-22-19-30-41-43(52)49-42(44(53)48-41)31-20-23-34-51(36-25-28-39-55-58(13,14)46(5,6)7)37-26-29-40-56-59(15,16)47(8,9)10/h41-42H,17-40H2,1-16H3,(H,48,53)(H,49,52). The summed E-state index contributed by atoms with van der Waals surface area (Å²) in [5.74, 6) is -0.0337. The van der Waals surface area contributed by atoms with Crippen LogP contribution >= 0.6 is 0 Å². The minimum atomic E-state index is -1.72. The van der Waals surface area contributed by atoms with E-state index in [1.807, 2.05) is 0 Å². The summed E-state index contributed by atoms with van der Waals surface area (Å²) in [4.78, 5) is 31.5. The summed E-state index contributed by atoms with van der Waals surface area (Å²) in [6, 6.07) is -0.849. The molecule has 9 nitrogen and oxygen atoms in total. The monoisotopic (exact) mass is 885 g/mol. The van der Waals surface area contributed by atoms with Crippen LogP contribution in [0, 0.1) is 0 Å². The predicted molar refractivity (Wildman–Crippen MR) is 261 cm³/mol. The summed E-state index contributed by atoms with van der Waals surface area (Å²) in [7, 11) is -5.14. The van der Waals surface area contributed by atoms with Crippen LogP contribution in [0.1, 0.15) is 166 Å². The molecule has 2 amide bonds. The van der Waals surface area contributed by atoms with Gasteiger partial charge in [-0.1, -0.05) is 82.1 Å². The van der Waals surface area contributed by atoms with Crippen molar-refractivity contribution in [2.75, 3.05) is 59.1 Å². The number of nitrogens with one attached hydrogen (secondary N) is 2. The Bertz CT molecular complexity index is 1130. The number of unbranched alkanes of at least 4 members (excludes halogenated alkanes) is 7. The Hall–Kier alpha value is -0.609. The fourth-order valence-corrected chi connectivity index (χ4v) is 9.91. The first-order chi connectivity index (χ1) is 27.2. The van der Waals surface area contributed by atoms with Crippen LogP contribution in [0.3, 0.4) is 0 Å². The van der Waals surface area contributed by atoms with Gasteiger partial charge < -0.3 is 33.7 Å². The van der Waals surface area contributed by atoms with Gasteiger partial charge in [-0.3, -0.25) is 9.59 Å². The molecule has 350 valence electrons. The molecule has 2 atom stereocenters. The number of nitrogens with zero attached hydrogens (tertiary/aromatic N) is 2. The van der Waals surface area contributed by atoms with Crippen LogP contribution in [0.15, 0.2) is 0 Å². The predicted octanol–water partition coefficient (Wildman–Crippen LogP) is 11.5. The number of rotatable bonds is 32. The molecule has 2 N–H and O–H groups in total. The Kier molecular flexibility index (Phi) is 25.7. The molecular weight excluding hydrogens is 785 g/mol. The fourth-order valence-electron chi connectivity index (χ4n) is 6.65. The third kappa shape index (κ3) is 22.5. The second-order valence-corrected chi connectivity index (χ2v) is 36.9. The van der Waals surface area contributed by atoms with Gasteiger partial charge in [0.05, 0.1) is 0 Å². The van der Waals surface area contributed by atoms with Gasteiger partial charge in [-0.25, -0.2) is 0 Å². The highest BCUT2D eigenvalue weighted by atomic mass is 28.4. The number of hydrogen-bond donors (Lipinski definition) is 2. The van der Waals surface area contributed by atoms with Gasteiger partial charge in [0, 0.05) is 19.8 Å². The molecule has 1 aliphatic heterocycles. The van der Waals surface area contributed by atoms with Gasteiger partial charge in [0.2, 0.25) is 11.8 Å². The molecule has 59 heavy (non-hydrogen) atoms. The highest BCUT2D eigenvalue weighted by molar-refractivity contribution is 6.74. The van der Waals surface area contributed by atoms with Gasteiger partial charge in [-0.15, -0.1) is 0 Å². The van der Waals surface area contributed by atoms with E-state index in [2.05, 4.69) is 129 Å². The SMILES string of the molecule is CCCCCN(CCCCO[Si](C)(C)C(C)(C)C)CCCCC1NC(=O)C(CCCCN(CCCCO[Si](C)(C)C(C)(C)C)CCCCO[Si](C)(C)C(C)(C)C)NC1=O. The molecule has 0 saturated carbocycles. The maximum atomic E-state index is 13.2. The number of carbonyl (C=O) groups excluding carboxylic acids is 2. The molecule has 0 aromatic rings. The van der Waals surface area contributed by atoms with Gasteiger partial charge in [-0.05, 0) is 177 Å². The van der Waals surface area contributed by atoms with E-state index >= 15 is 0 Å². The van der Waals surface area contributed by atoms with Crippen molar-refractivity contribution in [1.82, 2.24) is 20.4 Å². The molecule has 1 saturated heterocycles. The largest absolute Gasteiger partial charge is 0.417 e. The molecule has 1 rings (SSSR count). The molecular formula is C47H100N4O5Si3. The van der Waals surface area contributed by atoms with Crippen LogP contribution in [-0.2, 0) is 22.9 Å². The van der Waals surface area contributed by atoms with Crippen molar-refractivity contribution in [1.29, 1.82) is 0 Å². The van der Waals surface area contributed by atoms with Crippen molar-refractivity contribution in [3.05, 3.63) is 0 Å². The van der Waals surface area contributed by atoms with Gasteiger partial charge in [0.15, 0.2) is 25.0 Å². The summed E-state index contributed by atoms with van der Waals surface area (Å²) in [5, 5.41) is 6.89. The van der Waals surface area contributed by atoms with Gasteiger partial charge >= 0.3 is 0 Å². The maximum absolute atomic E-state index is 13.2. The van der Waals surface area contributed by atoms with E-state index in [0.717, 1.165) is 123 Å². The van der Waals surface area contributed by atoms with Crippen molar-refractivity contribution in [2.45, 2.75) is 232 Å². The topological polar surface area (TPSA) is 92.4 Å². The lowest BCUT2D eigenvalue weighted by molar-refractivity contribution is -0.137. The Labute approximate surface area is 369 Å². The van der Waals surface area contributed by atoms with Crippen molar-refractivity contribution >= 4 is 36.8 Å². The van der Waals surface area contributed by atoms with Crippen LogP contribution in [0.4, 0.5) is 0 Å². The van der Waals surface area contributed by atoms with E-state index in [-0.39, 0.29) is 26.9 Å². The molecule has 0 spiro atoms. The van der Waals surface area contributed by atoms with E-state index in [1.54, 1.807) is 0 Å². The molecule has 0 radical (unpaired) electrons. The first-order valence-electron chi connectivity index (χ1n) is 24.2. The number of hydrogen-bond acceptors (Lipinski definition) is 7. The molecule has 0 aromatic carbocycles. The quantitative estimate of drug-likeness (QED) is 0.0513. The summed E-state index contributed by atoms with van der Waals surface area (Å²) in [6.45, 7) is 46.0. The van der Waals surface area contributed by atoms with Crippen LogP contribution in [-0.4, -0.2) is 118 Å². The van der Waals surface area contributed by atoms with Crippen LogP contribution in [0.5, 0.6) is 0 Å². The van der Waals surface area contributed by atoms with E-state index < -0.39 is 37.0 Å². The zero-order chi connectivity index (χ0) is 45.0. The van der Waals surface area contributed by atoms with Crippen molar-refractivity contribution < 1.29 is 22.9 Å². The average Bonchev–Trinajstić information content (AvgIpc) is 3.10. The second-order valence-electron chi connectivity index (χ2n) is 22.5. The Morgan fingerprint density at radius 1 is 0.441 bits per heavy atom. The highest BCUT2D eigenvalue weighted by Crippen LogP contribution is 2.38. The number of piperazine rings is 1. The normalized spacial score (nSPS) is 17.6. The first-order valence-corrected chi connectivity index (χ1v) is 32.9. The maximum Gasteiger partial charge on any atom is 0.243 e. The molecule has 1 fully saturated rings. The van der Waals surface area contributed by atoms with E-state index in [9.17, 15) is 9.59 Å². The Morgan fingerprint density at radius 3 is 0.949 bits per heavy atom. The van der Waals surface area contributed by atoms with Crippen LogP contribution in [0.25, 0.3) is 0 Å². The third-order valence-electron chi connectivity index (χ3n) is 14.2. The first kappa shape index (κ1) is 56.4.